The molecule has 0 fully saturated rings. The summed E-state index contributed by atoms with van der Waals surface area (Å²) in [5, 5.41) is 19.1. The normalized spacial score (nSPS) is 12.8. The SMILES string of the molecule is CCC(CC)N(CCO)c1ccccc1C(C)O. The zero-order chi connectivity index (χ0) is 13.5. The summed E-state index contributed by atoms with van der Waals surface area (Å²) in [6.07, 6.45) is 1.58. The van der Waals surface area contributed by atoms with Gasteiger partial charge < -0.3 is 15.1 Å². The van der Waals surface area contributed by atoms with Crippen molar-refractivity contribution in [2.45, 2.75) is 45.8 Å². The zero-order valence-corrected chi connectivity index (χ0v) is 11.6. The van der Waals surface area contributed by atoms with Gasteiger partial charge in [-0.15, -0.1) is 0 Å². The third kappa shape index (κ3) is 3.47. The van der Waals surface area contributed by atoms with Gasteiger partial charge in [-0.3, -0.25) is 0 Å². The second-order valence-corrected chi connectivity index (χ2v) is 4.62. The first-order valence-electron chi connectivity index (χ1n) is 6.80. The Bertz CT molecular complexity index is 348. The van der Waals surface area contributed by atoms with E-state index in [4.69, 9.17) is 0 Å². The minimum atomic E-state index is -0.489. The zero-order valence-electron chi connectivity index (χ0n) is 11.6. The molecule has 0 aliphatic heterocycles. The van der Waals surface area contributed by atoms with Crippen molar-refractivity contribution in [1.82, 2.24) is 0 Å². The van der Waals surface area contributed by atoms with Crippen molar-refractivity contribution in [3.8, 4) is 0 Å². The van der Waals surface area contributed by atoms with E-state index in [1.807, 2.05) is 24.3 Å². The summed E-state index contributed by atoms with van der Waals surface area (Å²) in [7, 11) is 0. The van der Waals surface area contributed by atoms with Crippen LogP contribution >= 0.6 is 0 Å². The van der Waals surface area contributed by atoms with Crippen LogP contribution < -0.4 is 4.90 Å². The van der Waals surface area contributed by atoms with Gasteiger partial charge in [0.2, 0.25) is 0 Å². The number of hydrogen-bond acceptors (Lipinski definition) is 3. The van der Waals surface area contributed by atoms with Crippen LogP contribution in [-0.4, -0.2) is 29.4 Å². The van der Waals surface area contributed by atoms with E-state index in [-0.39, 0.29) is 6.61 Å². The molecule has 0 radical (unpaired) electrons. The minimum Gasteiger partial charge on any atom is -0.395 e. The fourth-order valence-corrected chi connectivity index (χ4v) is 2.44. The lowest BCUT2D eigenvalue weighted by atomic mass is 10.0. The first kappa shape index (κ1) is 15.0. The fourth-order valence-electron chi connectivity index (χ4n) is 2.44. The van der Waals surface area contributed by atoms with E-state index in [2.05, 4.69) is 18.7 Å². The molecule has 0 aromatic heterocycles. The number of benzene rings is 1. The van der Waals surface area contributed by atoms with Gasteiger partial charge in [0.1, 0.15) is 0 Å². The monoisotopic (exact) mass is 251 g/mol. The maximum atomic E-state index is 9.86. The molecule has 1 atom stereocenters. The Labute approximate surface area is 110 Å². The number of nitrogens with zero attached hydrogens (tertiary/aromatic N) is 1. The quantitative estimate of drug-likeness (QED) is 0.783. The maximum Gasteiger partial charge on any atom is 0.0781 e. The number of aliphatic hydroxyl groups is 2. The van der Waals surface area contributed by atoms with Crippen LogP contribution in [0.1, 0.15) is 45.3 Å². The average Bonchev–Trinajstić information content (AvgIpc) is 2.39. The largest absolute Gasteiger partial charge is 0.395 e. The van der Waals surface area contributed by atoms with E-state index in [1.165, 1.54) is 0 Å². The summed E-state index contributed by atoms with van der Waals surface area (Å²) in [6.45, 7) is 6.83. The molecule has 2 N–H and O–H groups in total. The molecule has 0 bridgehead atoms. The van der Waals surface area contributed by atoms with Crippen molar-refractivity contribution in [2.24, 2.45) is 0 Å². The molecule has 0 aliphatic rings. The molecule has 102 valence electrons. The third-order valence-electron chi connectivity index (χ3n) is 3.42. The summed E-state index contributed by atoms with van der Waals surface area (Å²) in [4.78, 5) is 2.21. The van der Waals surface area contributed by atoms with E-state index >= 15 is 0 Å². The third-order valence-corrected chi connectivity index (χ3v) is 3.42. The first-order valence-corrected chi connectivity index (χ1v) is 6.80. The molecule has 1 aromatic rings. The van der Waals surface area contributed by atoms with Gasteiger partial charge in [-0.2, -0.15) is 0 Å². The highest BCUT2D eigenvalue weighted by Crippen LogP contribution is 2.28. The predicted molar refractivity (Wildman–Crippen MR) is 75.9 cm³/mol. The molecule has 0 aliphatic carbocycles. The minimum absolute atomic E-state index is 0.130. The van der Waals surface area contributed by atoms with Crippen LogP contribution in [0.3, 0.4) is 0 Å². The lowest BCUT2D eigenvalue weighted by Crippen LogP contribution is -2.37. The molecule has 0 spiro atoms. The Kier molecular flexibility index (Phi) is 6.16. The van der Waals surface area contributed by atoms with Gasteiger partial charge >= 0.3 is 0 Å². The molecule has 0 heterocycles. The molecule has 1 aromatic carbocycles. The molecule has 1 unspecified atom stereocenters. The number of rotatable bonds is 7. The highest BCUT2D eigenvalue weighted by Gasteiger charge is 2.19. The van der Waals surface area contributed by atoms with E-state index < -0.39 is 6.10 Å². The van der Waals surface area contributed by atoms with E-state index in [1.54, 1.807) is 6.92 Å². The number of hydrogen-bond donors (Lipinski definition) is 2. The Morgan fingerprint density at radius 1 is 1.17 bits per heavy atom. The predicted octanol–water partition coefficient (Wildman–Crippen LogP) is 2.73. The highest BCUT2D eigenvalue weighted by molar-refractivity contribution is 5.55. The van der Waals surface area contributed by atoms with Crippen LogP contribution in [0.4, 0.5) is 5.69 Å². The van der Waals surface area contributed by atoms with Crippen LogP contribution in [-0.2, 0) is 0 Å². The van der Waals surface area contributed by atoms with Crippen molar-refractivity contribution in [2.75, 3.05) is 18.1 Å². The molecule has 3 nitrogen and oxygen atoms in total. The van der Waals surface area contributed by atoms with E-state index in [0.29, 0.717) is 12.6 Å². The summed E-state index contributed by atoms with van der Waals surface area (Å²) in [5.74, 6) is 0. The molecular formula is C15H25NO2. The van der Waals surface area contributed by atoms with Crippen LogP contribution in [0.2, 0.25) is 0 Å². The Morgan fingerprint density at radius 2 is 1.78 bits per heavy atom. The Hall–Kier alpha value is -1.06. The number of aliphatic hydroxyl groups excluding tert-OH is 2. The van der Waals surface area contributed by atoms with Gasteiger partial charge in [-0.25, -0.2) is 0 Å². The summed E-state index contributed by atoms with van der Waals surface area (Å²) in [6, 6.07) is 8.30. The average molecular weight is 251 g/mol. The molecule has 18 heavy (non-hydrogen) atoms. The second-order valence-electron chi connectivity index (χ2n) is 4.62. The first-order chi connectivity index (χ1) is 8.65. The van der Waals surface area contributed by atoms with Gasteiger partial charge in [0, 0.05) is 23.8 Å². The lowest BCUT2D eigenvalue weighted by Gasteiger charge is -2.34. The highest BCUT2D eigenvalue weighted by atomic mass is 16.3. The van der Waals surface area contributed by atoms with Crippen LogP contribution in [0.5, 0.6) is 0 Å². The van der Waals surface area contributed by atoms with Gasteiger partial charge in [0.15, 0.2) is 0 Å². The van der Waals surface area contributed by atoms with Gasteiger partial charge in [-0.05, 0) is 25.8 Å². The Balaban J connectivity index is 3.12. The Morgan fingerprint density at radius 3 is 2.28 bits per heavy atom. The van der Waals surface area contributed by atoms with Crippen molar-refractivity contribution in [1.29, 1.82) is 0 Å². The lowest BCUT2D eigenvalue weighted by molar-refractivity contribution is 0.199. The fraction of sp³-hybridized carbons (Fsp3) is 0.600. The van der Waals surface area contributed by atoms with Gasteiger partial charge in [0.25, 0.3) is 0 Å². The van der Waals surface area contributed by atoms with Gasteiger partial charge in [0.05, 0.1) is 12.7 Å². The van der Waals surface area contributed by atoms with Crippen molar-refractivity contribution >= 4 is 5.69 Å². The van der Waals surface area contributed by atoms with Gasteiger partial charge in [-0.1, -0.05) is 32.0 Å². The molecule has 0 amide bonds. The molecule has 0 saturated heterocycles. The standard InChI is InChI=1S/C15H25NO2/c1-4-13(5-2)16(10-11-17)15-9-7-6-8-14(15)12(3)18/h6-9,12-13,17-18H,4-5,10-11H2,1-3H3. The van der Waals surface area contributed by atoms with Crippen LogP contribution in [0.25, 0.3) is 0 Å². The van der Waals surface area contributed by atoms with Crippen molar-refractivity contribution in [3.05, 3.63) is 29.8 Å². The van der Waals surface area contributed by atoms with Crippen molar-refractivity contribution < 1.29 is 10.2 Å². The topological polar surface area (TPSA) is 43.7 Å². The van der Waals surface area contributed by atoms with E-state index in [0.717, 1.165) is 24.1 Å². The maximum absolute atomic E-state index is 9.86. The molecule has 1 rings (SSSR count). The van der Waals surface area contributed by atoms with E-state index in [9.17, 15) is 10.2 Å². The number of para-hydroxylation sites is 1. The summed E-state index contributed by atoms with van der Waals surface area (Å²) < 4.78 is 0. The molecule has 0 saturated carbocycles. The van der Waals surface area contributed by atoms with Crippen LogP contribution in [0.15, 0.2) is 24.3 Å². The second kappa shape index (κ2) is 7.39. The smallest absolute Gasteiger partial charge is 0.0781 e. The molecule has 3 heteroatoms. The molecular weight excluding hydrogens is 226 g/mol. The van der Waals surface area contributed by atoms with Crippen molar-refractivity contribution in [3.63, 3.8) is 0 Å². The number of anilines is 1. The summed E-state index contributed by atoms with van der Waals surface area (Å²) >= 11 is 0. The summed E-state index contributed by atoms with van der Waals surface area (Å²) in [5.41, 5.74) is 1.97. The van der Waals surface area contributed by atoms with Crippen LogP contribution in [0, 0.1) is 0 Å².